The Bertz CT molecular complexity index is 312. The van der Waals surface area contributed by atoms with Gasteiger partial charge in [0.15, 0.2) is 0 Å². The van der Waals surface area contributed by atoms with Crippen LogP contribution in [0.25, 0.3) is 0 Å². The summed E-state index contributed by atoms with van der Waals surface area (Å²) in [5.41, 5.74) is 6.16. The average Bonchev–Trinajstić information content (AvgIpc) is 2.17. The predicted octanol–water partition coefficient (Wildman–Crippen LogP) is 2.44. The molecule has 1 aromatic rings. The topological polar surface area (TPSA) is 38.9 Å². The number of hydrogen-bond acceptors (Lipinski definition) is 2. The Kier molecular flexibility index (Phi) is 3.21. The highest BCUT2D eigenvalue weighted by Crippen LogP contribution is 2.31. The highest BCUT2D eigenvalue weighted by atomic mass is 19.1. The van der Waals surface area contributed by atoms with Gasteiger partial charge in [-0.2, -0.15) is 0 Å². The molecule has 78 valence electrons. The van der Waals surface area contributed by atoms with Crippen molar-refractivity contribution in [2.24, 2.45) is 11.7 Å². The van der Waals surface area contributed by atoms with Crippen LogP contribution in [0.2, 0.25) is 0 Å². The van der Waals surface area contributed by atoms with Gasteiger partial charge in [0.25, 0.3) is 0 Å². The van der Waals surface area contributed by atoms with Gasteiger partial charge >= 0.3 is 0 Å². The molecular formula is C11H17FN2. The van der Waals surface area contributed by atoms with Gasteiger partial charge in [-0.15, -0.1) is 0 Å². The zero-order valence-electron chi connectivity index (χ0n) is 8.92. The molecule has 0 saturated carbocycles. The molecule has 14 heavy (non-hydrogen) atoms. The van der Waals surface area contributed by atoms with E-state index in [1.54, 1.807) is 12.3 Å². The number of pyridine rings is 1. The summed E-state index contributed by atoms with van der Waals surface area (Å²) in [4.78, 5) is 3.72. The molecule has 0 saturated heterocycles. The maximum atomic E-state index is 13.5. The first-order chi connectivity index (χ1) is 6.52. The fourth-order valence-electron chi connectivity index (χ4n) is 1.66. The lowest BCUT2D eigenvalue weighted by atomic mass is 9.79. The molecule has 3 heteroatoms. The van der Waals surface area contributed by atoms with E-state index in [0.29, 0.717) is 12.0 Å². The number of hydrogen-bond donors (Lipinski definition) is 1. The van der Waals surface area contributed by atoms with Gasteiger partial charge in [-0.1, -0.05) is 20.8 Å². The van der Waals surface area contributed by atoms with Crippen molar-refractivity contribution in [3.05, 3.63) is 29.8 Å². The molecule has 2 N–H and O–H groups in total. The summed E-state index contributed by atoms with van der Waals surface area (Å²) < 4.78 is 13.5. The monoisotopic (exact) mass is 196 g/mol. The molecule has 2 nitrogen and oxygen atoms in total. The van der Waals surface area contributed by atoms with Crippen molar-refractivity contribution in [2.45, 2.75) is 32.7 Å². The van der Waals surface area contributed by atoms with Crippen LogP contribution in [0.5, 0.6) is 0 Å². The number of rotatable bonds is 3. The lowest BCUT2D eigenvalue weighted by molar-refractivity contribution is 0.294. The van der Waals surface area contributed by atoms with Crippen LogP contribution < -0.4 is 5.73 Å². The summed E-state index contributed by atoms with van der Waals surface area (Å²) in [5, 5.41) is 0. The van der Waals surface area contributed by atoms with E-state index in [-0.39, 0.29) is 11.7 Å². The Labute approximate surface area is 84.3 Å². The first-order valence-corrected chi connectivity index (χ1v) is 4.91. The first-order valence-electron chi connectivity index (χ1n) is 4.91. The maximum Gasteiger partial charge on any atom is 0.146 e. The first kappa shape index (κ1) is 11.1. The molecule has 1 heterocycles. The van der Waals surface area contributed by atoms with Crippen LogP contribution in [0.1, 0.15) is 32.8 Å². The van der Waals surface area contributed by atoms with Crippen molar-refractivity contribution in [3.63, 3.8) is 0 Å². The summed E-state index contributed by atoms with van der Waals surface area (Å²) in [7, 11) is 0. The third-order valence-corrected chi connectivity index (χ3v) is 2.89. The minimum atomic E-state index is -0.590. The van der Waals surface area contributed by atoms with Crippen LogP contribution in [0, 0.1) is 11.7 Å². The van der Waals surface area contributed by atoms with E-state index in [4.69, 9.17) is 5.73 Å². The van der Waals surface area contributed by atoms with Crippen molar-refractivity contribution >= 4 is 0 Å². The van der Waals surface area contributed by atoms with Gasteiger partial charge in [0.05, 0.1) is 6.20 Å². The van der Waals surface area contributed by atoms with Crippen LogP contribution >= 0.6 is 0 Å². The van der Waals surface area contributed by atoms with Crippen LogP contribution in [0.4, 0.5) is 4.39 Å². The van der Waals surface area contributed by atoms with Crippen LogP contribution in [-0.4, -0.2) is 4.98 Å². The molecule has 1 unspecified atom stereocenters. The molecule has 0 radical (unpaired) electrons. The Morgan fingerprint density at radius 2 is 2.21 bits per heavy atom. The predicted molar refractivity (Wildman–Crippen MR) is 55.2 cm³/mol. The second-order valence-electron chi connectivity index (χ2n) is 3.90. The van der Waals surface area contributed by atoms with E-state index in [1.807, 2.05) is 20.8 Å². The summed E-state index contributed by atoms with van der Waals surface area (Å²) >= 11 is 0. The smallest absolute Gasteiger partial charge is 0.146 e. The van der Waals surface area contributed by atoms with E-state index in [0.717, 1.165) is 0 Å². The molecule has 1 rings (SSSR count). The van der Waals surface area contributed by atoms with Gasteiger partial charge in [0.2, 0.25) is 0 Å². The highest BCUT2D eigenvalue weighted by Gasteiger charge is 2.31. The average molecular weight is 196 g/mol. The Balaban J connectivity index is 3.19. The number of nitrogens with two attached hydrogens (primary N) is 1. The van der Waals surface area contributed by atoms with E-state index in [1.165, 1.54) is 6.20 Å². The number of aromatic nitrogens is 1. The van der Waals surface area contributed by atoms with Crippen molar-refractivity contribution in [1.82, 2.24) is 4.98 Å². The zero-order chi connectivity index (χ0) is 10.8. The molecule has 0 spiro atoms. The molecule has 0 aliphatic heterocycles. The Morgan fingerprint density at radius 1 is 1.57 bits per heavy atom. The quantitative estimate of drug-likeness (QED) is 0.806. The maximum absolute atomic E-state index is 13.5. The minimum Gasteiger partial charge on any atom is -0.321 e. The summed E-state index contributed by atoms with van der Waals surface area (Å²) in [5.74, 6) is -0.116. The standard InChI is InChI=1S/C11H17FN2/c1-4-11(13,8(2)3)9-5-6-14-7-10(9)12/h5-8H,4,13H2,1-3H3. The second kappa shape index (κ2) is 4.05. The van der Waals surface area contributed by atoms with Crippen molar-refractivity contribution < 1.29 is 4.39 Å². The number of nitrogens with zero attached hydrogens (tertiary/aromatic N) is 1. The van der Waals surface area contributed by atoms with Crippen molar-refractivity contribution in [1.29, 1.82) is 0 Å². The lowest BCUT2D eigenvalue weighted by Gasteiger charge is -2.33. The lowest BCUT2D eigenvalue weighted by Crippen LogP contribution is -2.42. The van der Waals surface area contributed by atoms with Crippen molar-refractivity contribution in [3.8, 4) is 0 Å². The molecule has 0 fully saturated rings. The van der Waals surface area contributed by atoms with Crippen LogP contribution in [0.15, 0.2) is 18.5 Å². The van der Waals surface area contributed by atoms with Gasteiger partial charge in [-0.05, 0) is 18.4 Å². The third-order valence-electron chi connectivity index (χ3n) is 2.89. The molecule has 0 aliphatic rings. The zero-order valence-corrected chi connectivity index (χ0v) is 8.92. The van der Waals surface area contributed by atoms with E-state index in [9.17, 15) is 4.39 Å². The van der Waals surface area contributed by atoms with Gasteiger partial charge in [-0.3, -0.25) is 4.98 Å². The van der Waals surface area contributed by atoms with Gasteiger partial charge < -0.3 is 5.73 Å². The fraction of sp³-hybridized carbons (Fsp3) is 0.545. The van der Waals surface area contributed by atoms with Crippen LogP contribution in [-0.2, 0) is 5.54 Å². The second-order valence-corrected chi connectivity index (χ2v) is 3.90. The summed E-state index contributed by atoms with van der Waals surface area (Å²) in [6, 6.07) is 1.67. The molecule has 0 aliphatic carbocycles. The van der Waals surface area contributed by atoms with Crippen molar-refractivity contribution in [2.75, 3.05) is 0 Å². The minimum absolute atomic E-state index is 0.199. The van der Waals surface area contributed by atoms with E-state index < -0.39 is 5.54 Å². The third kappa shape index (κ3) is 1.77. The van der Waals surface area contributed by atoms with E-state index in [2.05, 4.69) is 4.98 Å². The molecule has 0 bridgehead atoms. The Hall–Kier alpha value is -0.960. The fourth-order valence-corrected chi connectivity index (χ4v) is 1.66. The van der Waals surface area contributed by atoms with Gasteiger partial charge in [-0.25, -0.2) is 4.39 Å². The normalized spacial score (nSPS) is 15.6. The van der Waals surface area contributed by atoms with Crippen LogP contribution in [0.3, 0.4) is 0 Å². The number of halogens is 1. The highest BCUT2D eigenvalue weighted by molar-refractivity contribution is 5.23. The van der Waals surface area contributed by atoms with Gasteiger partial charge in [0.1, 0.15) is 5.82 Å². The van der Waals surface area contributed by atoms with Gasteiger partial charge in [0, 0.05) is 17.3 Å². The molecule has 0 aromatic carbocycles. The summed E-state index contributed by atoms with van der Waals surface area (Å²) in [6.45, 7) is 5.98. The Morgan fingerprint density at radius 3 is 2.64 bits per heavy atom. The molecule has 1 aromatic heterocycles. The summed E-state index contributed by atoms with van der Waals surface area (Å²) in [6.07, 6.45) is 3.51. The molecular weight excluding hydrogens is 179 g/mol. The largest absolute Gasteiger partial charge is 0.321 e. The SMILES string of the molecule is CCC(N)(c1ccncc1F)C(C)C. The molecule has 0 amide bonds. The molecule has 1 atom stereocenters. The van der Waals surface area contributed by atoms with E-state index >= 15 is 0 Å².